The van der Waals surface area contributed by atoms with Crippen LogP contribution in [0.25, 0.3) is 0 Å². The van der Waals surface area contributed by atoms with E-state index in [0.717, 1.165) is 11.3 Å². The first-order chi connectivity index (χ1) is 12.5. The van der Waals surface area contributed by atoms with E-state index < -0.39 is 5.41 Å². The normalized spacial score (nSPS) is 12.7. The predicted molar refractivity (Wildman–Crippen MR) is 107 cm³/mol. The van der Waals surface area contributed by atoms with Gasteiger partial charge in [0.15, 0.2) is 11.5 Å². The third-order valence-corrected chi connectivity index (χ3v) is 4.33. The second kappa shape index (κ2) is 8.97. The van der Waals surface area contributed by atoms with Crippen molar-refractivity contribution in [3.63, 3.8) is 0 Å². The monoisotopic (exact) mass is 392 g/mol. The second-order valence-corrected chi connectivity index (χ2v) is 6.60. The van der Waals surface area contributed by atoms with Gasteiger partial charge in [-0.25, -0.2) is 0 Å². The van der Waals surface area contributed by atoms with Crippen LogP contribution in [0.4, 0.5) is 5.69 Å². The first-order valence-electron chi connectivity index (χ1n) is 8.65. The number of carbonyl (C=O) groups is 1. The van der Waals surface area contributed by atoms with Gasteiger partial charge in [-0.3, -0.25) is 4.79 Å². The molecule has 1 heterocycles. The molecule has 6 nitrogen and oxygen atoms in total. The van der Waals surface area contributed by atoms with E-state index in [0.29, 0.717) is 43.6 Å². The number of rotatable bonds is 6. The van der Waals surface area contributed by atoms with Gasteiger partial charge in [-0.15, -0.1) is 12.4 Å². The van der Waals surface area contributed by atoms with Gasteiger partial charge in [-0.05, 0) is 55.8 Å². The Labute approximate surface area is 165 Å². The summed E-state index contributed by atoms with van der Waals surface area (Å²) < 4.78 is 16.6. The maximum atomic E-state index is 12.8. The number of amides is 1. The van der Waals surface area contributed by atoms with Crippen LogP contribution in [0.15, 0.2) is 42.5 Å². The zero-order chi connectivity index (χ0) is 18.6. The summed E-state index contributed by atoms with van der Waals surface area (Å²) in [7, 11) is 0. The fourth-order valence-corrected chi connectivity index (χ4v) is 2.66. The third-order valence-electron chi connectivity index (χ3n) is 4.33. The third kappa shape index (κ3) is 4.84. The number of benzene rings is 2. The highest BCUT2D eigenvalue weighted by atomic mass is 35.5. The van der Waals surface area contributed by atoms with E-state index in [1.165, 1.54) is 0 Å². The first-order valence-corrected chi connectivity index (χ1v) is 8.65. The number of anilines is 1. The predicted octanol–water partition coefficient (Wildman–Crippen LogP) is 3.13. The highest BCUT2D eigenvalue weighted by Gasteiger charge is 2.31. The maximum Gasteiger partial charge on any atom is 0.234 e. The Morgan fingerprint density at radius 1 is 1.11 bits per heavy atom. The average Bonchev–Trinajstić information content (AvgIpc) is 2.67. The number of fused-ring (bicyclic) bond motifs is 1. The minimum Gasteiger partial charge on any atom is -0.492 e. The van der Waals surface area contributed by atoms with Gasteiger partial charge in [0, 0.05) is 12.2 Å². The van der Waals surface area contributed by atoms with Crippen LogP contribution in [-0.4, -0.2) is 32.3 Å². The maximum absolute atomic E-state index is 12.8. The number of carbonyl (C=O) groups excluding carboxylic acids is 1. The molecule has 1 amide bonds. The number of ether oxygens (including phenoxy) is 3. The van der Waals surface area contributed by atoms with Gasteiger partial charge in [0.1, 0.15) is 25.6 Å². The van der Waals surface area contributed by atoms with E-state index in [1.807, 2.05) is 56.3 Å². The van der Waals surface area contributed by atoms with Crippen LogP contribution in [-0.2, 0) is 10.2 Å². The van der Waals surface area contributed by atoms with Crippen molar-refractivity contribution in [1.29, 1.82) is 0 Å². The molecule has 7 heteroatoms. The van der Waals surface area contributed by atoms with Gasteiger partial charge in [-0.1, -0.05) is 6.07 Å². The molecule has 146 valence electrons. The molecule has 2 aromatic carbocycles. The molecule has 0 unspecified atom stereocenters. The topological polar surface area (TPSA) is 82.8 Å². The standard InChI is InChI=1S/C20H24N2O4.ClH/c1-20(2,14-3-8-17-18(13-14)26-12-11-25-17)19(23)22-15-4-6-16(7-5-15)24-10-9-21;/h3-8,13H,9-12,21H2,1-2H3,(H,22,23);1H. The molecule has 0 aromatic heterocycles. The Hall–Kier alpha value is -2.44. The molecule has 1 aliphatic heterocycles. The molecule has 3 rings (SSSR count). The molecular weight excluding hydrogens is 368 g/mol. The van der Waals surface area contributed by atoms with Crippen molar-refractivity contribution in [3.8, 4) is 17.2 Å². The molecular formula is C20H25ClN2O4. The molecule has 27 heavy (non-hydrogen) atoms. The smallest absolute Gasteiger partial charge is 0.234 e. The lowest BCUT2D eigenvalue weighted by Crippen LogP contribution is -2.34. The summed E-state index contributed by atoms with van der Waals surface area (Å²) in [5.74, 6) is 2.00. The van der Waals surface area contributed by atoms with E-state index in [-0.39, 0.29) is 18.3 Å². The number of halogens is 1. The Kier molecular flexibility index (Phi) is 6.93. The highest BCUT2D eigenvalue weighted by molar-refractivity contribution is 5.98. The quantitative estimate of drug-likeness (QED) is 0.789. The van der Waals surface area contributed by atoms with Crippen LogP contribution < -0.4 is 25.3 Å². The van der Waals surface area contributed by atoms with Crippen LogP contribution in [0.5, 0.6) is 17.2 Å². The van der Waals surface area contributed by atoms with Crippen LogP contribution in [0.3, 0.4) is 0 Å². The van der Waals surface area contributed by atoms with Crippen LogP contribution in [0.2, 0.25) is 0 Å². The van der Waals surface area contributed by atoms with E-state index >= 15 is 0 Å². The minimum atomic E-state index is -0.732. The molecule has 2 aromatic rings. The summed E-state index contributed by atoms with van der Waals surface area (Å²) in [6.07, 6.45) is 0. The molecule has 3 N–H and O–H groups in total. The summed E-state index contributed by atoms with van der Waals surface area (Å²) >= 11 is 0. The molecule has 0 saturated heterocycles. The SMILES string of the molecule is CC(C)(C(=O)Nc1ccc(OCCN)cc1)c1ccc2c(c1)OCCO2.Cl. The average molecular weight is 393 g/mol. The lowest BCUT2D eigenvalue weighted by molar-refractivity contribution is -0.120. The molecule has 0 atom stereocenters. The number of nitrogens with one attached hydrogen (secondary N) is 1. The van der Waals surface area contributed by atoms with Gasteiger partial charge >= 0.3 is 0 Å². The van der Waals surface area contributed by atoms with Gasteiger partial charge in [0.25, 0.3) is 0 Å². The largest absolute Gasteiger partial charge is 0.492 e. The van der Waals surface area contributed by atoms with Gasteiger partial charge < -0.3 is 25.3 Å². The summed E-state index contributed by atoms with van der Waals surface area (Å²) in [5, 5.41) is 2.95. The molecule has 0 fully saturated rings. The van der Waals surface area contributed by atoms with E-state index in [9.17, 15) is 4.79 Å². The fraction of sp³-hybridized carbons (Fsp3) is 0.350. The number of hydrogen-bond donors (Lipinski definition) is 2. The zero-order valence-electron chi connectivity index (χ0n) is 15.5. The van der Waals surface area contributed by atoms with Crippen molar-refractivity contribution in [2.75, 3.05) is 31.7 Å². The van der Waals surface area contributed by atoms with E-state index in [4.69, 9.17) is 19.9 Å². The minimum absolute atomic E-state index is 0. The summed E-state index contributed by atoms with van der Waals surface area (Å²) in [5.41, 5.74) is 6.26. The van der Waals surface area contributed by atoms with Gasteiger partial charge in [0.05, 0.1) is 5.41 Å². The van der Waals surface area contributed by atoms with E-state index in [1.54, 1.807) is 0 Å². The van der Waals surface area contributed by atoms with Crippen molar-refractivity contribution in [1.82, 2.24) is 0 Å². The van der Waals surface area contributed by atoms with Gasteiger partial charge in [-0.2, -0.15) is 0 Å². The van der Waals surface area contributed by atoms with E-state index in [2.05, 4.69) is 5.32 Å². The van der Waals surface area contributed by atoms with Crippen molar-refractivity contribution >= 4 is 24.0 Å². The molecule has 0 bridgehead atoms. The van der Waals surface area contributed by atoms with Crippen LogP contribution >= 0.6 is 12.4 Å². The lowest BCUT2D eigenvalue weighted by Gasteiger charge is -2.26. The van der Waals surface area contributed by atoms with Crippen molar-refractivity contribution in [2.24, 2.45) is 5.73 Å². The Balaban J connectivity index is 0.00000261. The molecule has 0 radical (unpaired) electrons. The molecule has 0 spiro atoms. The Bertz CT molecular complexity index is 778. The first kappa shape index (κ1) is 20.9. The van der Waals surface area contributed by atoms with Crippen LogP contribution in [0, 0.1) is 0 Å². The number of nitrogens with two attached hydrogens (primary N) is 1. The zero-order valence-corrected chi connectivity index (χ0v) is 16.3. The molecule has 0 saturated carbocycles. The second-order valence-electron chi connectivity index (χ2n) is 6.60. The summed E-state index contributed by atoms with van der Waals surface area (Å²) in [4.78, 5) is 12.8. The van der Waals surface area contributed by atoms with Gasteiger partial charge in [0.2, 0.25) is 5.91 Å². The summed E-state index contributed by atoms with van der Waals surface area (Å²) in [6.45, 7) is 5.74. The summed E-state index contributed by atoms with van der Waals surface area (Å²) in [6, 6.07) is 12.9. The molecule has 0 aliphatic carbocycles. The molecule has 1 aliphatic rings. The lowest BCUT2D eigenvalue weighted by atomic mass is 9.83. The van der Waals surface area contributed by atoms with Crippen molar-refractivity contribution in [3.05, 3.63) is 48.0 Å². The fourth-order valence-electron chi connectivity index (χ4n) is 2.66. The van der Waals surface area contributed by atoms with Crippen molar-refractivity contribution < 1.29 is 19.0 Å². The Morgan fingerprint density at radius 3 is 2.44 bits per heavy atom. The Morgan fingerprint density at radius 2 is 1.78 bits per heavy atom. The van der Waals surface area contributed by atoms with Crippen molar-refractivity contribution in [2.45, 2.75) is 19.3 Å². The number of hydrogen-bond acceptors (Lipinski definition) is 5. The van der Waals surface area contributed by atoms with Crippen LogP contribution in [0.1, 0.15) is 19.4 Å². The highest BCUT2D eigenvalue weighted by Crippen LogP contribution is 2.35.